The Morgan fingerprint density at radius 3 is 2.88 bits per heavy atom. The van der Waals surface area contributed by atoms with Gasteiger partial charge in [0.05, 0.1) is 17.9 Å². The summed E-state index contributed by atoms with van der Waals surface area (Å²) in [6.07, 6.45) is 0.766. The lowest BCUT2D eigenvalue weighted by Gasteiger charge is -2.02. The lowest BCUT2D eigenvalue weighted by atomic mass is 10.3. The van der Waals surface area contributed by atoms with E-state index in [1.807, 2.05) is 41.6 Å². The number of H-pyrrole nitrogens is 1. The lowest BCUT2D eigenvalue weighted by molar-refractivity contribution is 0.971. The van der Waals surface area contributed by atoms with Crippen LogP contribution in [-0.2, 0) is 6.42 Å². The van der Waals surface area contributed by atoms with E-state index in [4.69, 9.17) is 0 Å². The van der Waals surface area contributed by atoms with Gasteiger partial charge in [-0.2, -0.15) is 0 Å². The number of hydrogen-bond acceptors (Lipinski definition) is 3. The minimum Gasteiger partial charge on any atom is -0.305 e. The maximum Gasteiger partial charge on any atom is 0.264 e. The molecule has 0 radical (unpaired) electrons. The van der Waals surface area contributed by atoms with E-state index >= 15 is 0 Å². The van der Waals surface area contributed by atoms with E-state index < -0.39 is 0 Å². The molecule has 6 heteroatoms. The molecule has 0 atom stereocenters. The van der Waals surface area contributed by atoms with Crippen molar-refractivity contribution in [2.24, 2.45) is 0 Å². The van der Waals surface area contributed by atoms with Crippen molar-refractivity contribution in [2.75, 3.05) is 0 Å². The van der Waals surface area contributed by atoms with Crippen molar-refractivity contribution in [2.45, 2.75) is 13.3 Å². The first kappa shape index (κ1) is 12.3. The molecule has 84 valence electrons. The van der Waals surface area contributed by atoms with Gasteiger partial charge in [0.15, 0.2) is 5.82 Å². The van der Waals surface area contributed by atoms with E-state index in [1.54, 1.807) is 11.3 Å². The molecule has 0 aliphatic carbocycles. The van der Waals surface area contributed by atoms with Crippen molar-refractivity contribution < 1.29 is 0 Å². The summed E-state index contributed by atoms with van der Waals surface area (Å²) in [6, 6.07) is 3.89. The Bertz CT molecular complexity index is 578. The lowest BCUT2D eigenvalue weighted by Crippen LogP contribution is -2.15. The van der Waals surface area contributed by atoms with Crippen LogP contribution in [0.2, 0.25) is 0 Å². The number of hydrogen-bond donors (Lipinski definition) is 1. The van der Waals surface area contributed by atoms with Crippen LogP contribution in [0.3, 0.4) is 0 Å². The maximum atomic E-state index is 11.7. The minimum absolute atomic E-state index is 0.0630. The molecule has 0 unspecified atom stereocenters. The predicted molar refractivity (Wildman–Crippen MR) is 78.0 cm³/mol. The van der Waals surface area contributed by atoms with Gasteiger partial charge in [-0.1, -0.05) is 6.92 Å². The number of halogens is 2. The van der Waals surface area contributed by atoms with Crippen LogP contribution < -0.4 is 5.56 Å². The van der Waals surface area contributed by atoms with Crippen molar-refractivity contribution in [1.29, 1.82) is 0 Å². The largest absolute Gasteiger partial charge is 0.305 e. The molecule has 2 rings (SSSR count). The second kappa shape index (κ2) is 4.97. The number of nitrogens with one attached hydrogen (secondary N) is 1. The quantitative estimate of drug-likeness (QED) is 0.771. The van der Waals surface area contributed by atoms with Gasteiger partial charge in [-0.3, -0.25) is 4.79 Å². The first-order chi connectivity index (χ1) is 7.61. The molecule has 2 aromatic rings. The minimum atomic E-state index is -0.0630. The Balaban J connectivity index is 2.59. The fraction of sp³-hybridized carbons (Fsp3) is 0.200. The zero-order chi connectivity index (χ0) is 11.7. The SMILES string of the molecule is CCc1nc(-c2ccc(Br)s2)[nH]c(=O)c1I. The zero-order valence-corrected chi connectivity index (χ0v) is 12.9. The molecule has 0 saturated carbocycles. The Morgan fingerprint density at radius 2 is 2.31 bits per heavy atom. The molecule has 0 bridgehead atoms. The van der Waals surface area contributed by atoms with Crippen LogP contribution in [0.1, 0.15) is 12.6 Å². The molecular formula is C10H8BrIN2OS. The van der Waals surface area contributed by atoms with Gasteiger partial charge >= 0.3 is 0 Å². The van der Waals surface area contributed by atoms with Crippen LogP contribution in [0.15, 0.2) is 20.7 Å². The standard InChI is InChI=1S/C10H8BrIN2OS/c1-2-5-8(12)10(15)14-9(13-5)6-3-4-7(11)16-6/h3-4H,2H2,1H3,(H,13,14,15). The average molecular weight is 411 g/mol. The van der Waals surface area contributed by atoms with Gasteiger partial charge in [-0.25, -0.2) is 4.98 Å². The molecular weight excluding hydrogens is 403 g/mol. The predicted octanol–water partition coefficient (Wildman–Crippen LogP) is 3.43. The number of rotatable bonds is 2. The number of nitrogens with zero attached hydrogens (tertiary/aromatic N) is 1. The molecule has 0 saturated heterocycles. The second-order valence-electron chi connectivity index (χ2n) is 3.13. The van der Waals surface area contributed by atoms with E-state index in [0.717, 1.165) is 20.8 Å². The van der Waals surface area contributed by atoms with Gasteiger partial charge in [0.2, 0.25) is 0 Å². The first-order valence-corrected chi connectivity index (χ1v) is 7.35. The van der Waals surface area contributed by atoms with E-state index in [2.05, 4.69) is 25.9 Å². The summed E-state index contributed by atoms with van der Waals surface area (Å²) in [5, 5.41) is 0. The Labute approximate surface area is 119 Å². The number of aromatic amines is 1. The zero-order valence-electron chi connectivity index (χ0n) is 8.38. The third kappa shape index (κ3) is 2.38. The molecule has 16 heavy (non-hydrogen) atoms. The van der Waals surface area contributed by atoms with Gasteiger partial charge in [-0.05, 0) is 57.1 Å². The highest BCUT2D eigenvalue weighted by molar-refractivity contribution is 14.1. The normalized spacial score (nSPS) is 10.7. The Morgan fingerprint density at radius 1 is 1.56 bits per heavy atom. The smallest absolute Gasteiger partial charge is 0.264 e. The van der Waals surface area contributed by atoms with Crippen LogP contribution in [0.4, 0.5) is 0 Å². The van der Waals surface area contributed by atoms with Gasteiger partial charge in [0, 0.05) is 0 Å². The van der Waals surface area contributed by atoms with Crippen LogP contribution >= 0.6 is 49.9 Å². The molecule has 3 nitrogen and oxygen atoms in total. The summed E-state index contributed by atoms with van der Waals surface area (Å²) in [6.45, 7) is 2.00. The summed E-state index contributed by atoms with van der Waals surface area (Å²) in [7, 11) is 0. The average Bonchev–Trinajstić information content (AvgIpc) is 2.69. The van der Waals surface area contributed by atoms with Crippen LogP contribution in [0.5, 0.6) is 0 Å². The maximum absolute atomic E-state index is 11.7. The van der Waals surface area contributed by atoms with E-state index in [9.17, 15) is 4.79 Å². The third-order valence-corrected chi connectivity index (χ3v) is 4.82. The van der Waals surface area contributed by atoms with Crippen molar-refractivity contribution in [3.8, 4) is 10.7 Å². The molecule has 1 N–H and O–H groups in total. The van der Waals surface area contributed by atoms with Crippen LogP contribution in [-0.4, -0.2) is 9.97 Å². The van der Waals surface area contributed by atoms with Crippen molar-refractivity contribution in [1.82, 2.24) is 9.97 Å². The van der Waals surface area contributed by atoms with Gasteiger partial charge in [0.1, 0.15) is 0 Å². The van der Waals surface area contributed by atoms with Crippen LogP contribution in [0.25, 0.3) is 10.7 Å². The van der Waals surface area contributed by atoms with Gasteiger partial charge in [-0.15, -0.1) is 11.3 Å². The number of thiophene rings is 1. The molecule has 0 aromatic carbocycles. The monoisotopic (exact) mass is 410 g/mol. The highest BCUT2D eigenvalue weighted by Crippen LogP contribution is 2.28. The van der Waals surface area contributed by atoms with E-state index in [0.29, 0.717) is 9.39 Å². The summed E-state index contributed by atoms with van der Waals surface area (Å²) < 4.78 is 1.71. The topological polar surface area (TPSA) is 45.8 Å². The van der Waals surface area contributed by atoms with E-state index in [-0.39, 0.29) is 5.56 Å². The molecule has 2 aromatic heterocycles. The fourth-order valence-corrected chi connectivity index (χ4v) is 3.27. The van der Waals surface area contributed by atoms with Crippen molar-refractivity contribution >= 4 is 49.9 Å². The first-order valence-electron chi connectivity index (χ1n) is 4.66. The Kier molecular flexibility index (Phi) is 3.81. The second-order valence-corrected chi connectivity index (χ2v) is 6.67. The molecule has 0 fully saturated rings. The molecule has 2 heterocycles. The molecule has 0 amide bonds. The summed E-state index contributed by atoms with van der Waals surface area (Å²) in [5.74, 6) is 0.651. The molecule has 0 spiro atoms. The summed E-state index contributed by atoms with van der Waals surface area (Å²) in [5.41, 5.74) is 0.788. The third-order valence-electron chi connectivity index (χ3n) is 2.07. The highest BCUT2D eigenvalue weighted by atomic mass is 127. The van der Waals surface area contributed by atoms with E-state index in [1.165, 1.54) is 0 Å². The Hall–Kier alpha value is -0.210. The highest BCUT2D eigenvalue weighted by Gasteiger charge is 2.10. The van der Waals surface area contributed by atoms with Crippen LogP contribution in [0, 0.1) is 3.57 Å². The van der Waals surface area contributed by atoms with Crippen molar-refractivity contribution in [3.05, 3.63) is 35.5 Å². The van der Waals surface area contributed by atoms with Crippen molar-refractivity contribution in [3.63, 3.8) is 0 Å². The van der Waals surface area contributed by atoms with Gasteiger partial charge < -0.3 is 4.98 Å². The van der Waals surface area contributed by atoms with Gasteiger partial charge in [0.25, 0.3) is 5.56 Å². The molecule has 0 aliphatic heterocycles. The summed E-state index contributed by atoms with van der Waals surface area (Å²) >= 11 is 6.99. The summed E-state index contributed by atoms with van der Waals surface area (Å²) in [4.78, 5) is 19.9. The number of aromatic nitrogens is 2. The number of aryl methyl sites for hydroxylation is 1. The molecule has 0 aliphatic rings. The fourth-order valence-electron chi connectivity index (χ4n) is 1.30.